The summed E-state index contributed by atoms with van der Waals surface area (Å²) < 4.78 is 16.9. The molecule has 0 aliphatic heterocycles. The van der Waals surface area contributed by atoms with E-state index in [9.17, 15) is 14.4 Å². The summed E-state index contributed by atoms with van der Waals surface area (Å²) in [6.07, 6.45) is 96.1. The number of rotatable bonds is 65. The molecule has 0 amide bonds. The topological polar surface area (TPSA) is 78.9 Å². The number of hydrogen-bond donors (Lipinski definition) is 0. The fraction of sp³-hybridized carbons (Fsp3) is 0.753. The summed E-state index contributed by atoms with van der Waals surface area (Å²) in [5.41, 5.74) is 0. The molecular formula is C77H134O6. The second kappa shape index (κ2) is 70.8. The van der Waals surface area contributed by atoms with Crippen LogP contribution in [0.1, 0.15) is 355 Å². The van der Waals surface area contributed by atoms with Gasteiger partial charge in [0.25, 0.3) is 0 Å². The second-order valence-electron chi connectivity index (χ2n) is 23.8. The molecule has 83 heavy (non-hydrogen) atoms. The van der Waals surface area contributed by atoms with Crippen molar-refractivity contribution in [3.8, 4) is 0 Å². The van der Waals surface area contributed by atoms with Gasteiger partial charge in [0.1, 0.15) is 13.2 Å². The van der Waals surface area contributed by atoms with Gasteiger partial charge in [-0.1, -0.05) is 330 Å². The van der Waals surface area contributed by atoms with Crippen LogP contribution in [0, 0.1) is 0 Å². The highest BCUT2D eigenvalue weighted by Crippen LogP contribution is 2.17. The number of esters is 3. The SMILES string of the molecule is CC/C=C\C/C=C\C/C=C\C/C=C\C/C=C\C/C=C\C/C=C\CCCCCCCCCC(=O)OCC(COC(=O)CCCCCCCCC)OC(=O)CCCCCCCCCCCCCCCCCCC/C=C\CCCCCCCCCC. The molecule has 0 aromatic carbocycles. The van der Waals surface area contributed by atoms with Crippen LogP contribution >= 0.6 is 0 Å². The van der Waals surface area contributed by atoms with Crippen molar-refractivity contribution in [2.24, 2.45) is 0 Å². The molecular weight excluding hydrogens is 1020 g/mol. The minimum absolute atomic E-state index is 0.0778. The van der Waals surface area contributed by atoms with E-state index in [1.165, 1.54) is 205 Å². The average Bonchev–Trinajstić information content (AvgIpc) is 3.49. The third-order valence-corrected chi connectivity index (χ3v) is 15.6. The fourth-order valence-corrected chi connectivity index (χ4v) is 10.2. The van der Waals surface area contributed by atoms with Crippen molar-refractivity contribution >= 4 is 17.9 Å². The molecule has 0 heterocycles. The number of hydrogen-bond acceptors (Lipinski definition) is 6. The van der Waals surface area contributed by atoms with E-state index in [1.54, 1.807) is 0 Å². The summed E-state index contributed by atoms with van der Waals surface area (Å²) in [7, 11) is 0. The Balaban J connectivity index is 4.10. The molecule has 0 rings (SSSR count). The summed E-state index contributed by atoms with van der Waals surface area (Å²) in [5.74, 6) is -0.881. The molecule has 0 fully saturated rings. The van der Waals surface area contributed by atoms with Crippen LogP contribution in [0.4, 0.5) is 0 Å². The highest BCUT2D eigenvalue weighted by atomic mass is 16.6. The number of unbranched alkanes of at least 4 members (excludes halogenated alkanes) is 38. The van der Waals surface area contributed by atoms with Crippen LogP contribution in [0.5, 0.6) is 0 Å². The first kappa shape index (κ1) is 79.3. The molecule has 0 aliphatic carbocycles. The molecule has 0 aliphatic rings. The monoisotopic (exact) mass is 1160 g/mol. The van der Waals surface area contributed by atoms with E-state index in [0.29, 0.717) is 19.3 Å². The standard InChI is InChI=1S/C77H134O6/c1-4-7-10-13-16-18-20-22-24-26-28-30-32-34-36-38-40-42-44-46-48-50-52-54-56-58-61-64-67-70-76(79)82-73-74(72-81-75(78)69-66-63-60-15-12-9-6-3)83-77(80)71-68-65-62-59-57-55-53-51-49-47-45-43-41-39-37-35-33-31-29-27-25-23-21-19-17-14-11-8-5-2/h7,10,16,18,22,24,27-30,34,36,40,42,46,48,74H,4-6,8-9,11-15,17,19-21,23,25-26,31-33,35,37-39,41,43-45,47,49-73H2,1-3H3/b10-7-,18-16-,24-22-,29-27-,30-28-,36-34-,42-40-,48-46-. The van der Waals surface area contributed by atoms with Gasteiger partial charge < -0.3 is 14.2 Å². The van der Waals surface area contributed by atoms with Crippen LogP contribution in [0.15, 0.2) is 97.2 Å². The van der Waals surface area contributed by atoms with E-state index in [-0.39, 0.29) is 31.1 Å². The lowest BCUT2D eigenvalue weighted by Crippen LogP contribution is -2.30. The van der Waals surface area contributed by atoms with Crippen LogP contribution in [-0.2, 0) is 28.6 Å². The van der Waals surface area contributed by atoms with Crippen molar-refractivity contribution in [1.29, 1.82) is 0 Å². The Morgan fingerprint density at radius 3 is 0.747 bits per heavy atom. The predicted octanol–water partition coefficient (Wildman–Crippen LogP) is 24.8. The smallest absolute Gasteiger partial charge is 0.306 e. The van der Waals surface area contributed by atoms with Crippen LogP contribution in [0.25, 0.3) is 0 Å². The van der Waals surface area contributed by atoms with Gasteiger partial charge in [0.15, 0.2) is 6.10 Å². The first-order chi connectivity index (χ1) is 41.0. The molecule has 1 unspecified atom stereocenters. The molecule has 0 spiro atoms. The quantitative estimate of drug-likeness (QED) is 0.0261. The van der Waals surface area contributed by atoms with E-state index in [0.717, 1.165) is 109 Å². The maximum Gasteiger partial charge on any atom is 0.306 e. The Morgan fingerprint density at radius 1 is 0.253 bits per heavy atom. The molecule has 0 saturated carbocycles. The Labute approximate surface area is 515 Å². The zero-order valence-corrected chi connectivity index (χ0v) is 54.9. The summed E-state index contributed by atoms with van der Waals surface area (Å²) in [6.45, 7) is 6.51. The lowest BCUT2D eigenvalue weighted by atomic mass is 10.0. The van der Waals surface area contributed by atoms with Crippen molar-refractivity contribution in [1.82, 2.24) is 0 Å². The lowest BCUT2D eigenvalue weighted by molar-refractivity contribution is -0.167. The molecule has 6 heteroatoms. The Bertz CT molecular complexity index is 1610. The fourth-order valence-electron chi connectivity index (χ4n) is 10.2. The predicted molar refractivity (Wildman–Crippen MR) is 362 cm³/mol. The largest absolute Gasteiger partial charge is 0.462 e. The highest BCUT2D eigenvalue weighted by molar-refractivity contribution is 5.71. The molecule has 1 atom stereocenters. The Kier molecular flexibility index (Phi) is 67.7. The highest BCUT2D eigenvalue weighted by Gasteiger charge is 2.19. The average molecular weight is 1160 g/mol. The van der Waals surface area contributed by atoms with E-state index in [4.69, 9.17) is 14.2 Å². The molecule has 0 saturated heterocycles. The molecule has 0 aromatic rings. The van der Waals surface area contributed by atoms with Gasteiger partial charge in [-0.25, -0.2) is 0 Å². The molecule has 478 valence electrons. The van der Waals surface area contributed by atoms with Crippen molar-refractivity contribution < 1.29 is 28.6 Å². The van der Waals surface area contributed by atoms with Gasteiger partial charge in [-0.2, -0.15) is 0 Å². The second-order valence-corrected chi connectivity index (χ2v) is 23.8. The zero-order chi connectivity index (χ0) is 59.9. The summed E-state index contributed by atoms with van der Waals surface area (Å²) in [5, 5.41) is 0. The van der Waals surface area contributed by atoms with Crippen molar-refractivity contribution in [2.75, 3.05) is 13.2 Å². The summed E-state index contributed by atoms with van der Waals surface area (Å²) in [4.78, 5) is 38.2. The molecule has 6 nitrogen and oxygen atoms in total. The van der Waals surface area contributed by atoms with Crippen LogP contribution < -0.4 is 0 Å². The maximum absolute atomic E-state index is 12.9. The van der Waals surface area contributed by atoms with Gasteiger partial charge >= 0.3 is 17.9 Å². The molecule has 0 bridgehead atoms. The first-order valence-electron chi connectivity index (χ1n) is 35.7. The van der Waals surface area contributed by atoms with Crippen molar-refractivity contribution in [2.45, 2.75) is 361 Å². The van der Waals surface area contributed by atoms with Gasteiger partial charge in [0, 0.05) is 19.3 Å². The summed E-state index contributed by atoms with van der Waals surface area (Å²) in [6, 6.07) is 0. The lowest BCUT2D eigenvalue weighted by Gasteiger charge is -2.18. The van der Waals surface area contributed by atoms with Gasteiger partial charge in [-0.05, 0) is 103 Å². The Morgan fingerprint density at radius 2 is 0.470 bits per heavy atom. The van der Waals surface area contributed by atoms with Crippen molar-refractivity contribution in [3.63, 3.8) is 0 Å². The third-order valence-electron chi connectivity index (χ3n) is 15.6. The number of ether oxygens (including phenoxy) is 3. The Hall–Kier alpha value is -3.67. The van der Waals surface area contributed by atoms with Gasteiger partial charge in [-0.15, -0.1) is 0 Å². The van der Waals surface area contributed by atoms with Crippen LogP contribution in [0.2, 0.25) is 0 Å². The molecule has 0 N–H and O–H groups in total. The van der Waals surface area contributed by atoms with Gasteiger partial charge in [0.05, 0.1) is 0 Å². The minimum atomic E-state index is -0.780. The number of allylic oxidation sites excluding steroid dienone is 16. The van der Waals surface area contributed by atoms with E-state index < -0.39 is 6.10 Å². The van der Waals surface area contributed by atoms with Crippen LogP contribution in [-0.4, -0.2) is 37.2 Å². The van der Waals surface area contributed by atoms with Crippen LogP contribution in [0.3, 0.4) is 0 Å². The minimum Gasteiger partial charge on any atom is -0.462 e. The third kappa shape index (κ3) is 69.0. The normalized spacial score (nSPS) is 12.7. The van der Waals surface area contributed by atoms with E-state index in [2.05, 4.69) is 118 Å². The number of carbonyl (C=O) groups is 3. The first-order valence-corrected chi connectivity index (χ1v) is 35.7. The van der Waals surface area contributed by atoms with Gasteiger partial charge in [0.2, 0.25) is 0 Å². The van der Waals surface area contributed by atoms with Gasteiger partial charge in [-0.3, -0.25) is 14.4 Å². The van der Waals surface area contributed by atoms with E-state index in [1.807, 2.05) is 0 Å². The summed E-state index contributed by atoms with van der Waals surface area (Å²) >= 11 is 0. The van der Waals surface area contributed by atoms with Crippen molar-refractivity contribution in [3.05, 3.63) is 97.2 Å². The number of carbonyl (C=O) groups excluding carboxylic acids is 3. The zero-order valence-electron chi connectivity index (χ0n) is 54.9. The molecule has 0 radical (unpaired) electrons. The molecule has 0 aromatic heterocycles. The maximum atomic E-state index is 12.9. The van der Waals surface area contributed by atoms with E-state index >= 15 is 0 Å².